The summed E-state index contributed by atoms with van der Waals surface area (Å²) in [7, 11) is 0. The molecule has 5 heteroatoms. The average Bonchev–Trinajstić information content (AvgIpc) is 3.10. The van der Waals surface area contributed by atoms with Gasteiger partial charge in [-0.2, -0.15) is 0 Å². The summed E-state index contributed by atoms with van der Waals surface area (Å²) < 4.78 is 12.9. The molecule has 1 spiro atoms. The van der Waals surface area contributed by atoms with E-state index in [4.69, 9.17) is 9.15 Å². The summed E-state index contributed by atoms with van der Waals surface area (Å²) in [5, 5.41) is 0.987. The van der Waals surface area contributed by atoms with E-state index >= 15 is 0 Å². The topological polar surface area (TPSA) is 42.7 Å². The molecule has 2 aliphatic rings. The SMILES string of the molecule is Cc1c(C(=O)N2CCOC23CCCCC3)oc2ccc(Br)cc12. The third-order valence-electron chi connectivity index (χ3n) is 5.15. The summed E-state index contributed by atoms with van der Waals surface area (Å²) in [6, 6.07) is 5.84. The second-order valence-corrected chi connectivity index (χ2v) is 7.42. The molecule has 4 rings (SSSR count). The van der Waals surface area contributed by atoms with E-state index in [0.717, 1.165) is 46.7 Å². The maximum absolute atomic E-state index is 13.1. The Balaban J connectivity index is 1.72. The van der Waals surface area contributed by atoms with Crippen LogP contribution in [0.4, 0.5) is 0 Å². The van der Waals surface area contributed by atoms with Crippen LogP contribution in [0.15, 0.2) is 27.1 Å². The molecule has 1 aromatic heterocycles. The predicted molar refractivity (Wildman–Crippen MR) is 91.5 cm³/mol. The number of hydrogen-bond donors (Lipinski definition) is 0. The molecule has 1 aromatic carbocycles. The molecule has 0 bridgehead atoms. The van der Waals surface area contributed by atoms with Crippen LogP contribution in [0, 0.1) is 6.92 Å². The van der Waals surface area contributed by atoms with Gasteiger partial charge in [-0.05, 0) is 50.8 Å². The number of furan rings is 1. The Hall–Kier alpha value is -1.33. The van der Waals surface area contributed by atoms with Crippen LogP contribution in [0.5, 0.6) is 0 Å². The summed E-state index contributed by atoms with van der Waals surface area (Å²) in [6.45, 7) is 3.23. The number of amides is 1. The number of nitrogens with zero attached hydrogens (tertiary/aromatic N) is 1. The molecule has 1 aliphatic carbocycles. The lowest BCUT2D eigenvalue weighted by atomic mass is 9.90. The van der Waals surface area contributed by atoms with Crippen LogP contribution in [-0.4, -0.2) is 29.7 Å². The summed E-state index contributed by atoms with van der Waals surface area (Å²) in [6.07, 6.45) is 5.34. The molecule has 2 fully saturated rings. The predicted octanol–water partition coefficient (Wildman–Crippen LogP) is 4.64. The molecule has 0 N–H and O–H groups in total. The maximum atomic E-state index is 13.1. The van der Waals surface area contributed by atoms with Gasteiger partial charge in [0, 0.05) is 22.0 Å². The minimum atomic E-state index is -0.401. The summed E-state index contributed by atoms with van der Waals surface area (Å²) in [5.41, 5.74) is 1.26. The average molecular weight is 378 g/mol. The number of ether oxygens (including phenoxy) is 1. The summed E-state index contributed by atoms with van der Waals surface area (Å²) >= 11 is 3.48. The van der Waals surface area contributed by atoms with Gasteiger partial charge in [0.05, 0.1) is 6.61 Å². The Morgan fingerprint density at radius 3 is 2.83 bits per heavy atom. The Bertz CT molecular complexity index is 761. The van der Waals surface area contributed by atoms with Crippen molar-refractivity contribution in [2.24, 2.45) is 0 Å². The van der Waals surface area contributed by atoms with Crippen molar-refractivity contribution in [2.45, 2.75) is 44.8 Å². The van der Waals surface area contributed by atoms with Crippen molar-refractivity contribution >= 4 is 32.8 Å². The monoisotopic (exact) mass is 377 g/mol. The molecule has 23 heavy (non-hydrogen) atoms. The van der Waals surface area contributed by atoms with Crippen molar-refractivity contribution in [3.8, 4) is 0 Å². The van der Waals surface area contributed by atoms with Crippen LogP contribution in [0.25, 0.3) is 11.0 Å². The first kappa shape index (κ1) is 15.2. The first-order chi connectivity index (χ1) is 11.1. The van der Waals surface area contributed by atoms with E-state index in [1.807, 2.05) is 30.0 Å². The highest BCUT2D eigenvalue weighted by Crippen LogP contribution is 2.39. The van der Waals surface area contributed by atoms with Crippen molar-refractivity contribution in [3.63, 3.8) is 0 Å². The van der Waals surface area contributed by atoms with E-state index in [0.29, 0.717) is 18.9 Å². The van der Waals surface area contributed by atoms with Crippen LogP contribution >= 0.6 is 15.9 Å². The van der Waals surface area contributed by atoms with E-state index in [1.165, 1.54) is 6.42 Å². The molecular weight excluding hydrogens is 358 g/mol. The molecular formula is C18H20BrNO3. The van der Waals surface area contributed by atoms with Crippen molar-refractivity contribution in [2.75, 3.05) is 13.2 Å². The number of fused-ring (bicyclic) bond motifs is 1. The molecule has 0 atom stereocenters. The van der Waals surface area contributed by atoms with Gasteiger partial charge in [0.2, 0.25) is 0 Å². The van der Waals surface area contributed by atoms with Gasteiger partial charge >= 0.3 is 0 Å². The fourth-order valence-corrected chi connectivity index (χ4v) is 4.29. The van der Waals surface area contributed by atoms with E-state index < -0.39 is 5.72 Å². The Labute approximate surface area is 143 Å². The minimum absolute atomic E-state index is 0.0331. The number of carbonyl (C=O) groups excluding carboxylic acids is 1. The zero-order chi connectivity index (χ0) is 16.0. The number of halogens is 1. The van der Waals surface area contributed by atoms with Gasteiger partial charge in [-0.3, -0.25) is 4.79 Å². The number of aryl methyl sites for hydroxylation is 1. The number of hydrogen-bond acceptors (Lipinski definition) is 3. The van der Waals surface area contributed by atoms with Crippen LogP contribution in [-0.2, 0) is 4.74 Å². The van der Waals surface area contributed by atoms with Crippen molar-refractivity contribution in [1.82, 2.24) is 4.90 Å². The van der Waals surface area contributed by atoms with E-state index in [1.54, 1.807) is 0 Å². The van der Waals surface area contributed by atoms with E-state index in [2.05, 4.69) is 15.9 Å². The van der Waals surface area contributed by atoms with Gasteiger partial charge in [0.1, 0.15) is 11.3 Å². The molecule has 1 amide bonds. The second kappa shape index (κ2) is 5.64. The molecule has 0 unspecified atom stereocenters. The third-order valence-corrected chi connectivity index (χ3v) is 5.64. The van der Waals surface area contributed by atoms with Gasteiger partial charge < -0.3 is 14.1 Å². The molecule has 0 radical (unpaired) electrons. The molecule has 1 saturated heterocycles. The maximum Gasteiger partial charge on any atom is 0.292 e. The smallest absolute Gasteiger partial charge is 0.292 e. The van der Waals surface area contributed by atoms with Gasteiger partial charge in [-0.15, -0.1) is 0 Å². The minimum Gasteiger partial charge on any atom is -0.451 e. The molecule has 2 aromatic rings. The lowest BCUT2D eigenvalue weighted by molar-refractivity contribution is -0.0925. The fourth-order valence-electron chi connectivity index (χ4n) is 3.93. The Kier molecular flexibility index (Phi) is 3.73. The summed E-state index contributed by atoms with van der Waals surface area (Å²) in [5.74, 6) is 0.419. The van der Waals surface area contributed by atoms with Crippen molar-refractivity contribution in [3.05, 3.63) is 34.0 Å². The highest BCUT2D eigenvalue weighted by molar-refractivity contribution is 9.10. The Morgan fingerprint density at radius 1 is 1.26 bits per heavy atom. The van der Waals surface area contributed by atoms with Gasteiger partial charge in [0.15, 0.2) is 5.76 Å². The van der Waals surface area contributed by atoms with E-state index in [9.17, 15) is 4.79 Å². The quantitative estimate of drug-likeness (QED) is 0.726. The van der Waals surface area contributed by atoms with Gasteiger partial charge in [-0.25, -0.2) is 0 Å². The zero-order valence-electron chi connectivity index (χ0n) is 13.2. The lowest BCUT2D eigenvalue weighted by Gasteiger charge is -2.39. The molecule has 1 saturated carbocycles. The van der Waals surface area contributed by atoms with Gasteiger partial charge in [-0.1, -0.05) is 22.4 Å². The lowest BCUT2D eigenvalue weighted by Crippen LogP contribution is -2.49. The highest BCUT2D eigenvalue weighted by Gasteiger charge is 2.46. The second-order valence-electron chi connectivity index (χ2n) is 6.51. The zero-order valence-corrected chi connectivity index (χ0v) is 14.8. The van der Waals surface area contributed by atoms with Crippen molar-refractivity contribution < 1.29 is 13.9 Å². The van der Waals surface area contributed by atoms with Crippen LogP contribution in [0.2, 0.25) is 0 Å². The molecule has 122 valence electrons. The van der Waals surface area contributed by atoms with Crippen LogP contribution in [0.1, 0.15) is 48.2 Å². The first-order valence-corrected chi connectivity index (χ1v) is 9.05. The van der Waals surface area contributed by atoms with Crippen molar-refractivity contribution in [1.29, 1.82) is 0 Å². The number of rotatable bonds is 1. The van der Waals surface area contributed by atoms with Crippen LogP contribution in [0.3, 0.4) is 0 Å². The normalized spacial score (nSPS) is 20.5. The largest absolute Gasteiger partial charge is 0.451 e. The third kappa shape index (κ3) is 2.41. The number of benzene rings is 1. The molecule has 4 nitrogen and oxygen atoms in total. The number of carbonyl (C=O) groups is 1. The standard InChI is InChI=1S/C18H20BrNO3/c1-12-14-11-13(19)5-6-15(14)23-16(12)17(21)20-9-10-22-18(20)7-3-2-4-8-18/h5-6,11H,2-4,7-10H2,1H3. The fraction of sp³-hybridized carbons (Fsp3) is 0.500. The molecule has 2 heterocycles. The van der Waals surface area contributed by atoms with E-state index in [-0.39, 0.29) is 5.91 Å². The van der Waals surface area contributed by atoms with Crippen LogP contribution < -0.4 is 0 Å². The first-order valence-electron chi connectivity index (χ1n) is 8.25. The molecule has 1 aliphatic heterocycles. The highest BCUT2D eigenvalue weighted by atomic mass is 79.9. The summed E-state index contributed by atoms with van der Waals surface area (Å²) in [4.78, 5) is 15.0. The van der Waals surface area contributed by atoms with Gasteiger partial charge in [0.25, 0.3) is 5.91 Å². The Morgan fingerprint density at radius 2 is 2.04 bits per heavy atom.